The first-order valence-corrected chi connectivity index (χ1v) is 16.4. The molecule has 0 aromatic heterocycles. The van der Waals surface area contributed by atoms with Gasteiger partial charge >= 0.3 is 17.9 Å². The summed E-state index contributed by atoms with van der Waals surface area (Å²) in [6.45, 7) is 7.20. The summed E-state index contributed by atoms with van der Waals surface area (Å²) in [5, 5.41) is 0. The monoisotopic (exact) mass is 570 g/mol. The molecule has 236 valence electrons. The van der Waals surface area contributed by atoms with Crippen LogP contribution < -0.4 is 0 Å². The average Bonchev–Trinajstić information content (AvgIpc) is 2.94. The van der Waals surface area contributed by atoms with Crippen LogP contribution in [0.2, 0.25) is 0 Å². The molecule has 0 bridgehead atoms. The second kappa shape index (κ2) is 27.5. The maximum atomic E-state index is 11.7. The van der Waals surface area contributed by atoms with E-state index in [4.69, 9.17) is 18.9 Å². The Hall–Kier alpha value is -1.63. The van der Waals surface area contributed by atoms with Crippen LogP contribution >= 0.6 is 0 Å². The Bertz CT molecular complexity index is 602. The summed E-state index contributed by atoms with van der Waals surface area (Å²) in [4.78, 5) is 34.5. The molecule has 0 spiro atoms. The van der Waals surface area contributed by atoms with Gasteiger partial charge in [-0.2, -0.15) is 0 Å². The minimum Gasteiger partial charge on any atom is -0.465 e. The first kappa shape index (κ1) is 38.4. The van der Waals surface area contributed by atoms with Gasteiger partial charge in [-0.1, -0.05) is 129 Å². The molecule has 0 rings (SSSR count). The van der Waals surface area contributed by atoms with E-state index in [1.165, 1.54) is 123 Å². The molecule has 40 heavy (non-hydrogen) atoms. The predicted octanol–water partition coefficient (Wildman–Crippen LogP) is 8.50. The number of unbranched alkanes of at least 4 members (excludes halogenated alkanes) is 18. The third kappa shape index (κ3) is 25.3. The summed E-state index contributed by atoms with van der Waals surface area (Å²) >= 11 is 0. The molecule has 0 aromatic rings. The van der Waals surface area contributed by atoms with E-state index in [1.807, 2.05) is 0 Å². The van der Waals surface area contributed by atoms with Crippen molar-refractivity contribution in [3.63, 3.8) is 0 Å². The van der Waals surface area contributed by atoms with Gasteiger partial charge in [-0.25, -0.2) is 0 Å². The van der Waals surface area contributed by atoms with Gasteiger partial charge in [0.05, 0.1) is 12.0 Å². The van der Waals surface area contributed by atoms with Crippen LogP contribution in [0.25, 0.3) is 0 Å². The predicted molar refractivity (Wildman–Crippen MR) is 161 cm³/mol. The van der Waals surface area contributed by atoms with E-state index in [0.717, 1.165) is 12.8 Å². The molecule has 7 heteroatoms. The normalized spacial score (nSPS) is 11.4. The first-order valence-electron chi connectivity index (χ1n) is 16.4. The van der Waals surface area contributed by atoms with Gasteiger partial charge in [-0.3, -0.25) is 14.4 Å². The van der Waals surface area contributed by atoms with Crippen molar-refractivity contribution in [3.8, 4) is 0 Å². The third-order valence-electron chi connectivity index (χ3n) is 7.29. The zero-order chi connectivity index (χ0) is 29.7. The molecule has 0 atom stereocenters. The smallest absolute Gasteiger partial charge is 0.305 e. The molecule has 0 radical (unpaired) electrons. The van der Waals surface area contributed by atoms with E-state index in [0.29, 0.717) is 6.61 Å². The van der Waals surface area contributed by atoms with Gasteiger partial charge in [-0.05, 0) is 6.42 Å². The van der Waals surface area contributed by atoms with Crippen molar-refractivity contribution in [2.45, 2.75) is 156 Å². The summed E-state index contributed by atoms with van der Waals surface area (Å²) in [5.41, 5.74) is -0.921. The van der Waals surface area contributed by atoms with E-state index in [9.17, 15) is 14.4 Å². The summed E-state index contributed by atoms with van der Waals surface area (Å²) in [6, 6.07) is 0. The zero-order valence-corrected chi connectivity index (χ0v) is 26.5. The van der Waals surface area contributed by atoms with Gasteiger partial charge in [0, 0.05) is 26.9 Å². The SMILES string of the molecule is CCCCCCCCCCCCCCCCCCCCCOCC(COC(C)=O)(COC(C)=O)COC(=O)CC. The molecular weight excluding hydrogens is 508 g/mol. The third-order valence-corrected chi connectivity index (χ3v) is 7.29. The highest BCUT2D eigenvalue weighted by Gasteiger charge is 2.36. The van der Waals surface area contributed by atoms with Crippen LogP contribution in [0.1, 0.15) is 156 Å². The maximum absolute atomic E-state index is 11.7. The Morgan fingerprint density at radius 3 is 1.18 bits per heavy atom. The number of hydrogen-bond acceptors (Lipinski definition) is 7. The molecule has 0 fully saturated rings. The topological polar surface area (TPSA) is 88.1 Å². The molecule has 0 aromatic carbocycles. The molecule has 0 saturated carbocycles. The van der Waals surface area contributed by atoms with Crippen LogP contribution in [0.5, 0.6) is 0 Å². The molecule has 0 aliphatic carbocycles. The number of hydrogen-bond donors (Lipinski definition) is 0. The van der Waals surface area contributed by atoms with Gasteiger partial charge in [-0.15, -0.1) is 0 Å². The summed E-state index contributed by atoms with van der Waals surface area (Å²) in [6.07, 6.45) is 25.6. The number of carbonyl (C=O) groups excluding carboxylic acids is 3. The molecule has 0 aliphatic rings. The van der Waals surface area contributed by atoms with Gasteiger partial charge in [0.2, 0.25) is 0 Å². The molecule has 0 unspecified atom stereocenters. The lowest BCUT2D eigenvalue weighted by atomic mass is 9.92. The van der Waals surface area contributed by atoms with Crippen molar-refractivity contribution in [2.24, 2.45) is 5.41 Å². The summed E-state index contributed by atoms with van der Waals surface area (Å²) in [5.74, 6) is -1.27. The van der Waals surface area contributed by atoms with Crippen LogP contribution in [-0.4, -0.2) is 50.9 Å². The van der Waals surface area contributed by atoms with Gasteiger partial charge in [0.25, 0.3) is 0 Å². The van der Waals surface area contributed by atoms with Crippen LogP contribution in [0.15, 0.2) is 0 Å². The second-order valence-electron chi connectivity index (χ2n) is 11.5. The molecule has 0 amide bonds. The van der Waals surface area contributed by atoms with E-state index in [1.54, 1.807) is 6.92 Å². The van der Waals surface area contributed by atoms with Gasteiger partial charge in [0.1, 0.15) is 19.8 Å². The van der Waals surface area contributed by atoms with Crippen LogP contribution in [0.4, 0.5) is 0 Å². The molecule has 0 N–H and O–H groups in total. The lowest BCUT2D eigenvalue weighted by Crippen LogP contribution is -2.43. The van der Waals surface area contributed by atoms with Crippen molar-refractivity contribution in [1.29, 1.82) is 0 Å². The number of ether oxygens (including phenoxy) is 4. The molecule has 0 saturated heterocycles. The Balaban J connectivity index is 3.88. The zero-order valence-electron chi connectivity index (χ0n) is 26.5. The van der Waals surface area contributed by atoms with Crippen molar-refractivity contribution in [2.75, 3.05) is 33.0 Å². The quantitative estimate of drug-likeness (QED) is 0.0506. The van der Waals surface area contributed by atoms with E-state index < -0.39 is 17.4 Å². The van der Waals surface area contributed by atoms with Gasteiger partial charge < -0.3 is 18.9 Å². The summed E-state index contributed by atoms with van der Waals surface area (Å²) < 4.78 is 21.6. The van der Waals surface area contributed by atoms with Crippen LogP contribution in [0, 0.1) is 5.41 Å². The number of carbonyl (C=O) groups is 3. The van der Waals surface area contributed by atoms with Crippen LogP contribution in [0.3, 0.4) is 0 Å². The largest absolute Gasteiger partial charge is 0.465 e. The second-order valence-corrected chi connectivity index (χ2v) is 11.5. The van der Waals surface area contributed by atoms with Gasteiger partial charge in [0.15, 0.2) is 0 Å². The maximum Gasteiger partial charge on any atom is 0.305 e. The van der Waals surface area contributed by atoms with E-state index in [-0.39, 0.29) is 38.8 Å². The highest BCUT2D eigenvalue weighted by atomic mass is 16.6. The molecule has 0 aliphatic heterocycles. The van der Waals surface area contributed by atoms with Crippen molar-refractivity contribution in [1.82, 2.24) is 0 Å². The lowest BCUT2D eigenvalue weighted by Gasteiger charge is -2.31. The Morgan fingerprint density at radius 1 is 0.475 bits per heavy atom. The fourth-order valence-electron chi connectivity index (χ4n) is 4.67. The average molecular weight is 571 g/mol. The van der Waals surface area contributed by atoms with Crippen molar-refractivity contribution < 1.29 is 33.3 Å². The minimum absolute atomic E-state index is 0.0422. The standard InChI is InChI=1S/C33H62O7/c1-5-7-8-9-10-11-12-13-14-15-16-17-18-19-20-21-22-23-24-25-37-26-33(27-38-30(3)34,28-39-31(4)35)29-40-32(36)6-2/h5-29H2,1-4H3. The molecule has 7 nitrogen and oxygen atoms in total. The number of esters is 3. The van der Waals surface area contributed by atoms with Crippen molar-refractivity contribution >= 4 is 17.9 Å². The first-order chi connectivity index (χ1) is 19.3. The fraction of sp³-hybridized carbons (Fsp3) is 0.909. The van der Waals surface area contributed by atoms with E-state index >= 15 is 0 Å². The Kier molecular flexibility index (Phi) is 26.4. The minimum atomic E-state index is -0.921. The highest BCUT2D eigenvalue weighted by Crippen LogP contribution is 2.22. The Labute approximate surface area is 245 Å². The number of rotatable bonds is 29. The van der Waals surface area contributed by atoms with E-state index in [2.05, 4.69) is 6.92 Å². The van der Waals surface area contributed by atoms with Crippen molar-refractivity contribution in [3.05, 3.63) is 0 Å². The lowest BCUT2D eigenvalue weighted by molar-refractivity contribution is -0.165. The fourth-order valence-corrected chi connectivity index (χ4v) is 4.67. The molecule has 0 heterocycles. The van der Waals surface area contributed by atoms with Crippen LogP contribution in [-0.2, 0) is 33.3 Å². The summed E-state index contributed by atoms with van der Waals surface area (Å²) in [7, 11) is 0. The molecular formula is C33H62O7. The Morgan fingerprint density at radius 2 is 0.825 bits per heavy atom. The highest BCUT2D eigenvalue weighted by molar-refractivity contribution is 5.69.